The van der Waals surface area contributed by atoms with Gasteiger partial charge in [-0.05, 0) is 49.0 Å². The molecule has 18 heavy (non-hydrogen) atoms. The van der Waals surface area contributed by atoms with Gasteiger partial charge < -0.3 is 5.11 Å². The van der Waals surface area contributed by atoms with E-state index in [1.165, 1.54) is 19.3 Å². The van der Waals surface area contributed by atoms with Crippen molar-refractivity contribution >= 4 is 5.97 Å². The number of fused-ring (bicyclic) bond motifs is 1. The first kappa shape index (κ1) is 11.6. The normalized spacial score (nSPS) is 32.9. The highest BCUT2D eigenvalue weighted by atomic mass is 16.4. The van der Waals surface area contributed by atoms with Crippen LogP contribution in [-0.2, 0) is 4.79 Å². The van der Waals surface area contributed by atoms with Crippen LogP contribution in [0.2, 0.25) is 0 Å². The van der Waals surface area contributed by atoms with Gasteiger partial charge in [-0.15, -0.1) is 5.10 Å². The van der Waals surface area contributed by atoms with Gasteiger partial charge in [0.1, 0.15) is 0 Å². The van der Waals surface area contributed by atoms with Crippen LogP contribution < -0.4 is 0 Å². The van der Waals surface area contributed by atoms with Crippen molar-refractivity contribution in [2.24, 2.45) is 17.8 Å². The zero-order chi connectivity index (χ0) is 12.9. The quantitative estimate of drug-likeness (QED) is 0.875. The van der Waals surface area contributed by atoms with Gasteiger partial charge in [-0.3, -0.25) is 4.79 Å². The second kappa shape index (κ2) is 4.03. The van der Waals surface area contributed by atoms with Gasteiger partial charge in [0.2, 0.25) is 0 Å². The predicted octanol–water partition coefficient (Wildman–Crippen LogP) is 1.47. The lowest BCUT2D eigenvalue weighted by Gasteiger charge is -2.17. The topological polar surface area (TPSA) is 80.9 Å². The summed E-state index contributed by atoms with van der Waals surface area (Å²) in [4.78, 5) is 11.0. The molecule has 3 rings (SSSR count). The second-order valence-corrected chi connectivity index (χ2v) is 5.63. The summed E-state index contributed by atoms with van der Waals surface area (Å²) in [6.45, 7) is 3.57. The van der Waals surface area contributed by atoms with E-state index in [-0.39, 0.29) is 6.04 Å². The minimum atomic E-state index is -0.806. The molecule has 4 atom stereocenters. The standard InChI is InChI=1S/C12H18N4O2/c1-6(12(17)18)7(2)16-11(13-14-15-16)10-8-4-3-5-9(8)10/h6-10H,3-5H2,1-2H3,(H,17,18). The van der Waals surface area contributed by atoms with Crippen LogP contribution in [0.15, 0.2) is 0 Å². The minimum absolute atomic E-state index is 0.200. The molecule has 6 nitrogen and oxygen atoms in total. The zero-order valence-corrected chi connectivity index (χ0v) is 10.7. The Labute approximate surface area is 105 Å². The molecule has 98 valence electrons. The van der Waals surface area contributed by atoms with Crippen LogP contribution in [0, 0.1) is 17.8 Å². The smallest absolute Gasteiger partial charge is 0.308 e. The number of carbonyl (C=O) groups is 1. The van der Waals surface area contributed by atoms with E-state index in [2.05, 4.69) is 15.5 Å². The van der Waals surface area contributed by atoms with Crippen molar-refractivity contribution in [2.75, 3.05) is 0 Å². The van der Waals surface area contributed by atoms with Gasteiger partial charge in [-0.2, -0.15) is 0 Å². The maximum absolute atomic E-state index is 11.0. The van der Waals surface area contributed by atoms with Gasteiger partial charge in [-0.25, -0.2) is 4.68 Å². The Morgan fingerprint density at radius 1 is 1.39 bits per heavy atom. The third-order valence-electron chi connectivity index (χ3n) is 4.72. The molecule has 0 saturated heterocycles. The van der Waals surface area contributed by atoms with E-state index < -0.39 is 11.9 Å². The number of hydrogen-bond acceptors (Lipinski definition) is 4. The Hall–Kier alpha value is -1.46. The van der Waals surface area contributed by atoms with E-state index in [0.717, 1.165) is 17.7 Å². The van der Waals surface area contributed by atoms with E-state index >= 15 is 0 Å². The molecule has 2 saturated carbocycles. The fraction of sp³-hybridized carbons (Fsp3) is 0.833. The van der Waals surface area contributed by atoms with Crippen molar-refractivity contribution in [3.63, 3.8) is 0 Å². The van der Waals surface area contributed by atoms with Gasteiger partial charge in [0, 0.05) is 5.92 Å². The lowest BCUT2D eigenvalue weighted by molar-refractivity contribution is -0.142. The average molecular weight is 250 g/mol. The van der Waals surface area contributed by atoms with Gasteiger partial charge in [0.05, 0.1) is 12.0 Å². The number of nitrogens with zero attached hydrogens (tertiary/aromatic N) is 4. The minimum Gasteiger partial charge on any atom is -0.481 e. The summed E-state index contributed by atoms with van der Waals surface area (Å²) in [5.74, 6) is 1.55. The molecule has 0 radical (unpaired) electrons. The second-order valence-electron chi connectivity index (χ2n) is 5.63. The fourth-order valence-electron chi connectivity index (χ4n) is 3.33. The molecule has 2 aliphatic rings. The van der Waals surface area contributed by atoms with E-state index in [9.17, 15) is 4.79 Å². The summed E-state index contributed by atoms with van der Waals surface area (Å²) in [6.07, 6.45) is 3.85. The third kappa shape index (κ3) is 1.62. The summed E-state index contributed by atoms with van der Waals surface area (Å²) < 4.78 is 1.72. The molecule has 2 aliphatic carbocycles. The maximum atomic E-state index is 11.0. The van der Waals surface area contributed by atoms with Crippen LogP contribution in [0.5, 0.6) is 0 Å². The number of carboxylic acid groups (broad SMARTS) is 1. The van der Waals surface area contributed by atoms with Gasteiger partial charge >= 0.3 is 5.97 Å². The molecule has 1 aromatic rings. The molecule has 2 fully saturated rings. The molecule has 0 amide bonds. The zero-order valence-electron chi connectivity index (χ0n) is 10.7. The first-order chi connectivity index (χ1) is 8.61. The molecule has 0 bridgehead atoms. The molecular weight excluding hydrogens is 232 g/mol. The highest BCUT2D eigenvalue weighted by molar-refractivity contribution is 5.70. The van der Waals surface area contributed by atoms with Crippen LogP contribution >= 0.6 is 0 Å². The molecule has 1 heterocycles. The molecule has 0 aliphatic heterocycles. The molecule has 4 unspecified atom stereocenters. The van der Waals surface area contributed by atoms with Crippen molar-refractivity contribution in [2.45, 2.75) is 45.1 Å². The van der Waals surface area contributed by atoms with Crippen LogP contribution in [-0.4, -0.2) is 31.3 Å². The third-order valence-corrected chi connectivity index (χ3v) is 4.72. The Morgan fingerprint density at radius 2 is 2.06 bits per heavy atom. The molecular formula is C12H18N4O2. The van der Waals surface area contributed by atoms with Gasteiger partial charge in [-0.1, -0.05) is 6.42 Å². The number of aliphatic carboxylic acids is 1. The van der Waals surface area contributed by atoms with Gasteiger partial charge in [0.15, 0.2) is 5.82 Å². The van der Waals surface area contributed by atoms with E-state index in [0.29, 0.717) is 5.92 Å². The first-order valence-electron chi connectivity index (χ1n) is 6.62. The largest absolute Gasteiger partial charge is 0.481 e. The Kier molecular flexibility index (Phi) is 2.60. The molecule has 6 heteroatoms. The lowest BCUT2D eigenvalue weighted by Crippen LogP contribution is -2.24. The van der Waals surface area contributed by atoms with Crippen LogP contribution in [0.25, 0.3) is 0 Å². The molecule has 1 N–H and O–H groups in total. The fourth-order valence-corrected chi connectivity index (χ4v) is 3.33. The Bertz CT molecular complexity index is 462. The number of hydrogen-bond donors (Lipinski definition) is 1. The monoisotopic (exact) mass is 250 g/mol. The number of aromatic nitrogens is 4. The summed E-state index contributed by atoms with van der Waals surface area (Å²) in [6, 6.07) is -0.200. The maximum Gasteiger partial charge on any atom is 0.308 e. The number of carboxylic acids is 1. The molecule has 0 aromatic carbocycles. The van der Waals surface area contributed by atoms with E-state index in [1.54, 1.807) is 11.6 Å². The number of tetrazole rings is 1. The van der Waals surface area contributed by atoms with E-state index in [1.807, 2.05) is 6.92 Å². The highest BCUT2D eigenvalue weighted by Crippen LogP contribution is 2.62. The summed E-state index contributed by atoms with van der Waals surface area (Å²) in [5.41, 5.74) is 0. The van der Waals surface area contributed by atoms with Crippen molar-refractivity contribution in [3.8, 4) is 0 Å². The SMILES string of the molecule is CC(C(=O)O)C(C)n1nnnc1C1C2CCCC21. The van der Waals surface area contributed by atoms with Crippen LogP contribution in [0.3, 0.4) is 0 Å². The van der Waals surface area contributed by atoms with Crippen LogP contribution in [0.1, 0.15) is 50.9 Å². The van der Waals surface area contributed by atoms with E-state index in [4.69, 9.17) is 5.11 Å². The first-order valence-corrected chi connectivity index (χ1v) is 6.62. The van der Waals surface area contributed by atoms with Crippen molar-refractivity contribution in [1.29, 1.82) is 0 Å². The Morgan fingerprint density at radius 3 is 2.67 bits per heavy atom. The summed E-state index contributed by atoms with van der Waals surface area (Å²) in [5, 5.41) is 21.0. The van der Waals surface area contributed by atoms with Crippen LogP contribution in [0.4, 0.5) is 0 Å². The Balaban J connectivity index is 1.82. The predicted molar refractivity (Wildman–Crippen MR) is 62.9 cm³/mol. The molecule has 0 spiro atoms. The van der Waals surface area contributed by atoms with Crippen molar-refractivity contribution in [1.82, 2.24) is 20.2 Å². The summed E-state index contributed by atoms with van der Waals surface area (Å²) >= 11 is 0. The number of rotatable bonds is 4. The highest BCUT2D eigenvalue weighted by Gasteiger charge is 2.56. The van der Waals surface area contributed by atoms with Crippen molar-refractivity contribution < 1.29 is 9.90 Å². The average Bonchev–Trinajstić information content (AvgIpc) is 2.80. The van der Waals surface area contributed by atoms with Crippen molar-refractivity contribution in [3.05, 3.63) is 5.82 Å². The van der Waals surface area contributed by atoms with Gasteiger partial charge in [0.25, 0.3) is 0 Å². The summed E-state index contributed by atoms with van der Waals surface area (Å²) in [7, 11) is 0. The lowest BCUT2D eigenvalue weighted by atomic mass is 10.0. The molecule has 1 aromatic heterocycles.